The highest BCUT2D eigenvalue weighted by Gasteiger charge is 2.25. The Morgan fingerprint density at radius 2 is 2.23 bits per heavy atom. The molecule has 7 nitrogen and oxygen atoms in total. The largest absolute Gasteiger partial charge is 0.497 e. The lowest BCUT2D eigenvalue weighted by atomic mass is 10.1. The van der Waals surface area contributed by atoms with Gasteiger partial charge in [-0.15, -0.1) is 0 Å². The van der Waals surface area contributed by atoms with Gasteiger partial charge in [-0.1, -0.05) is 6.07 Å². The molecular formula is C23H24N4O3. The molecule has 0 spiro atoms. The van der Waals surface area contributed by atoms with Crippen molar-refractivity contribution in [2.24, 2.45) is 0 Å². The summed E-state index contributed by atoms with van der Waals surface area (Å²) < 4.78 is 17.3. The van der Waals surface area contributed by atoms with E-state index in [-0.39, 0.29) is 6.10 Å². The van der Waals surface area contributed by atoms with Gasteiger partial charge in [-0.05, 0) is 42.0 Å². The average molecular weight is 404 g/mol. The molecule has 4 heterocycles. The fraction of sp³-hybridized carbons (Fsp3) is 0.304. The summed E-state index contributed by atoms with van der Waals surface area (Å²) in [4.78, 5) is 7.21. The number of hydrogen-bond acceptors (Lipinski definition) is 6. The summed E-state index contributed by atoms with van der Waals surface area (Å²) in [6.07, 6.45) is 5.79. The fourth-order valence-electron chi connectivity index (χ4n) is 3.92. The summed E-state index contributed by atoms with van der Waals surface area (Å²) in [5.41, 5.74) is 5.13. The molecule has 0 aliphatic carbocycles. The SMILES string of the molecule is COc1ccc2c(c1)C=C(CN1CCO[C@H](c3cccc(-c4cn[nH]c4)n3)C1)CO2. The van der Waals surface area contributed by atoms with Crippen molar-refractivity contribution in [1.82, 2.24) is 20.1 Å². The molecule has 154 valence electrons. The van der Waals surface area contributed by atoms with E-state index >= 15 is 0 Å². The normalized spacial score (nSPS) is 19.0. The van der Waals surface area contributed by atoms with Crippen LogP contribution in [0.1, 0.15) is 17.4 Å². The van der Waals surface area contributed by atoms with Crippen LogP contribution in [0, 0.1) is 0 Å². The van der Waals surface area contributed by atoms with Crippen LogP contribution in [0.4, 0.5) is 0 Å². The van der Waals surface area contributed by atoms with Gasteiger partial charge >= 0.3 is 0 Å². The third kappa shape index (κ3) is 3.94. The smallest absolute Gasteiger partial charge is 0.127 e. The minimum absolute atomic E-state index is 0.0527. The third-order valence-electron chi connectivity index (χ3n) is 5.46. The molecule has 7 heteroatoms. The van der Waals surface area contributed by atoms with Crippen molar-refractivity contribution < 1.29 is 14.2 Å². The number of methoxy groups -OCH3 is 1. The summed E-state index contributed by atoms with van der Waals surface area (Å²) in [5.74, 6) is 1.74. The molecule has 0 saturated carbocycles. The van der Waals surface area contributed by atoms with Crippen LogP contribution in [0.3, 0.4) is 0 Å². The summed E-state index contributed by atoms with van der Waals surface area (Å²) in [7, 11) is 1.68. The molecule has 1 fully saturated rings. The molecule has 2 aromatic heterocycles. The molecule has 0 amide bonds. The number of nitrogens with zero attached hydrogens (tertiary/aromatic N) is 3. The quantitative estimate of drug-likeness (QED) is 0.703. The van der Waals surface area contributed by atoms with E-state index in [2.05, 4.69) is 21.2 Å². The van der Waals surface area contributed by atoms with Crippen molar-refractivity contribution in [1.29, 1.82) is 0 Å². The van der Waals surface area contributed by atoms with Gasteiger partial charge in [0.15, 0.2) is 0 Å². The minimum Gasteiger partial charge on any atom is -0.497 e. The van der Waals surface area contributed by atoms with Gasteiger partial charge in [-0.25, -0.2) is 4.98 Å². The van der Waals surface area contributed by atoms with Crippen LogP contribution in [-0.2, 0) is 4.74 Å². The summed E-state index contributed by atoms with van der Waals surface area (Å²) in [6.45, 7) is 3.82. The standard InChI is InChI=1S/C23H24N4O3/c1-28-19-5-6-22-17(10-19)9-16(15-30-22)13-27-7-8-29-23(14-27)21-4-2-3-20(26-21)18-11-24-25-12-18/h2-6,9-12,23H,7-8,13-15H2,1H3,(H,24,25)/t23-/m0/s1. The van der Waals surface area contributed by atoms with Crippen molar-refractivity contribution in [3.8, 4) is 22.8 Å². The highest BCUT2D eigenvalue weighted by atomic mass is 16.5. The van der Waals surface area contributed by atoms with Crippen LogP contribution in [0.5, 0.6) is 11.5 Å². The molecule has 1 aromatic carbocycles. The Hall–Kier alpha value is -3.16. The van der Waals surface area contributed by atoms with E-state index in [9.17, 15) is 0 Å². The molecule has 1 saturated heterocycles. The first-order valence-electron chi connectivity index (χ1n) is 10.1. The molecular weight excluding hydrogens is 380 g/mol. The Balaban J connectivity index is 1.29. The van der Waals surface area contributed by atoms with Crippen molar-refractivity contribution in [3.63, 3.8) is 0 Å². The first kappa shape index (κ1) is 18.8. The Kier molecular flexibility index (Phi) is 5.21. The molecule has 1 N–H and O–H groups in total. The average Bonchev–Trinajstić information content (AvgIpc) is 3.34. The second-order valence-corrected chi connectivity index (χ2v) is 7.52. The lowest BCUT2D eigenvalue weighted by Gasteiger charge is -2.34. The molecule has 2 aliphatic heterocycles. The van der Waals surface area contributed by atoms with Gasteiger partial charge in [0.05, 0.1) is 31.3 Å². The topological polar surface area (TPSA) is 72.5 Å². The van der Waals surface area contributed by atoms with E-state index in [1.165, 1.54) is 5.57 Å². The second-order valence-electron chi connectivity index (χ2n) is 7.52. The Labute approximate surface area is 175 Å². The lowest BCUT2D eigenvalue weighted by molar-refractivity contribution is -0.0293. The van der Waals surface area contributed by atoms with Crippen molar-refractivity contribution >= 4 is 6.08 Å². The van der Waals surface area contributed by atoms with Crippen LogP contribution >= 0.6 is 0 Å². The molecule has 30 heavy (non-hydrogen) atoms. The fourth-order valence-corrected chi connectivity index (χ4v) is 3.92. The number of morpholine rings is 1. The summed E-state index contributed by atoms with van der Waals surface area (Å²) in [6, 6.07) is 11.9. The van der Waals surface area contributed by atoms with Gasteiger partial charge in [-0.2, -0.15) is 5.10 Å². The van der Waals surface area contributed by atoms with E-state index < -0.39 is 0 Å². The number of aromatic amines is 1. The molecule has 2 aliphatic rings. The van der Waals surface area contributed by atoms with E-state index in [1.807, 2.05) is 42.6 Å². The highest BCUT2D eigenvalue weighted by molar-refractivity contribution is 5.64. The third-order valence-corrected chi connectivity index (χ3v) is 5.46. The zero-order chi connectivity index (χ0) is 20.3. The number of aromatic nitrogens is 3. The van der Waals surface area contributed by atoms with Gasteiger partial charge < -0.3 is 14.2 Å². The van der Waals surface area contributed by atoms with Gasteiger partial charge in [-0.3, -0.25) is 10.00 Å². The highest BCUT2D eigenvalue weighted by Crippen LogP contribution is 2.31. The van der Waals surface area contributed by atoms with Crippen molar-refractivity contribution in [2.45, 2.75) is 6.10 Å². The lowest BCUT2D eigenvalue weighted by Crippen LogP contribution is -2.40. The predicted octanol–water partition coefficient (Wildman–Crippen LogP) is 3.33. The van der Waals surface area contributed by atoms with E-state index in [4.69, 9.17) is 19.2 Å². The van der Waals surface area contributed by atoms with Crippen LogP contribution < -0.4 is 9.47 Å². The first-order valence-corrected chi connectivity index (χ1v) is 10.1. The van der Waals surface area contributed by atoms with Crippen LogP contribution in [0.25, 0.3) is 17.3 Å². The Bertz CT molecular complexity index is 1050. The number of rotatable bonds is 5. The second kappa shape index (κ2) is 8.30. The van der Waals surface area contributed by atoms with Gasteiger partial charge in [0.25, 0.3) is 0 Å². The molecule has 0 unspecified atom stereocenters. The maximum atomic E-state index is 6.05. The van der Waals surface area contributed by atoms with E-state index in [0.29, 0.717) is 13.2 Å². The number of pyridine rings is 1. The van der Waals surface area contributed by atoms with Crippen LogP contribution in [-0.4, -0.2) is 60.0 Å². The zero-order valence-corrected chi connectivity index (χ0v) is 16.9. The monoisotopic (exact) mass is 404 g/mol. The van der Waals surface area contributed by atoms with E-state index in [1.54, 1.807) is 13.3 Å². The van der Waals surface area contributed by atoms with E-state index in [0.717, 1.165) is 53.6 Å². The first-order chi connectivity index (χ1) is 14.8. The number of benzene rings is 1. The number of nitrogens with one attached hydrogen (secondary N) is 1. The number of fused-ring (bicyclic) bond motifs is 1. The summed E-state index contributed by atoms with van der Waals surface area (Å²) >= 11 is 0. The van der Waals surface area contributed by atoms with Crippen LogP contribution in [0.15, 0.2) is 54.4 Å². The number of ether oxygens (including phenoxy) is 3. The van der Waals surface area contributed by atoms with Crippen LogP contribution in [0.2, 0.25) is 0 Å². The van der Waals surface area contributed by atoms with Gasteiger partial charge in [0, 0.05) is 37.0 Å². The van der Waals surface area contributed by atoms with Gasteiger partial charge in [0.1, 0.15) is 24.2 Å². The van der Waals surface area contributed by atoms with Gasteiger partial charge in [0.2, 0.25) is 0 Å². The molecule has 0 bridgehead atoms. The predicted molar refractivity (Wildman–Crippen MR) is 113 cm³/mol. The molecule has 3 aromatic rings. The van der Waals surface area contributed by atoms with Crippen molar-refractivity contribution in [2.75, 3.05) is 40.0 Å². The number of hydrogen-bond donors (Lipinski definition) is 1. The zero-order valence-electron chi connectivity index (χ0n) is 16.9. The molecule has 5 rings (SSSR count). The maximum absolute atomic E-state index is 6.05. The number of H-pyrrole nitrogens is 1. The van der Waals surface area contributed by atoms with Crippen molar-refractivity contribution in [3.05, 3.63) is 65.6 Å². The molecule has 1 atom stereocenters. The summed E-state index contributed by atoms with van der Waals surface area (Å²) in [5, 5.41) is 6.85. The molecule has 0 radical (unpaired) electrons. The Morgan fingerprint density at radius 3 is 3.10 bits per heavy atom. The minimum atomic E-state index is -0.0527. The Morgan fingerprint density at radius 1 is 1.27 bits per heavy atom. The maximum Gasteiger partial charge on any atom is 0.127 e.